The molecule has 2 aromatic rings. The molecule has 0 atom stereocenters. The number of benzene rings is 1. The van der Waals surface area contributed by atoms with Gasteiger partial charge in [0, 0.05) is 12.5 Å². The molecule has 0 bridgehead atoms. The van der Waals surface area contributed by atoms with Crippen molar-refractivity contribution in [2.24, 2.45) is 0 Å². The summed E-state index contributed by atoms with van der Waals surface area (Å²) in [5.41, 5.74) is 1.48. The van der Waals surface area contributed by atoms with Gasteiger partial charge < -0.3 is 14.3 Å². The van der Waals surface area contributed by atoms with Crippen LogP contribution in [0.3, 0.4) is 0 Å². The molecule has 0 aliphatic rings. The Hall–Kier alpha value is -2.04. The van der Waals surface area contributed by atoms with Crippen molar-refractivity contribution >= 4 is 17.1 Å². The molecule has 0 radical (unpaired) electrons. The zero-order valence-corrected chi connectivity index (χ0v) is 9.26. The number of fused-ring (bicyclic) bond motifs is 1. The van der Waals surface area contributed by atoms with Gasteiger partial charge in [0.05, 0.1) is 6.61 Å². The van der Waals surface area contributed by atoms with Crippen LogP contribution in [0.5, 0.6) is 5.75 Å². The molecule has 0 saturated carbocycles. The Kier molecular flexibility index (Phi) is 3.59. The quantitative estimate of drug-likeness (QED) is 0.778. The average Bonchev–Trinajstić information content (AvgIpc) is 2.75. The number of carbonyl (C=O) groups is 1. The summed E-state index contributed by atoms with van der Waals surface area (Å²) < 4.78 is 10.6. The summed E-state index contributed by atoms with van der Waals surface area (Å²) in [5, 5.41) is 8.47. The number of carboxylic acids is 1. The van der Waals surface area contributed by atoms with Crippen LogP contribution >= 0.6 is 0 Å². The molecule has 0 fully saturated rings. The summed E-state index contributed by atoms with van der Waals surface area (Å²) in [6, 6.07) is 5.41. The third kappa shape index (κ3) is 3.21. The Labute approximate surface area is 98.0 Å². The van der Waals surface area contributed by atoms with Crippen LogP contribution in [-0.4, -0.2) is 22.7 Å². The van der Waals surface area contributed by atoms with Crippen molar-refractivity contribution in [3.63, 3.8) is 0 Å². The highest BCUT2D eigenvalue weighted by Gasteiger charge is 2.01. The Balaban J connectivity index is 1.80. The highest BCUT2D eigenvalue weighted by Crippen LogP contribution is 2.19. The van der Waals surface area contributed by atoms with Crippen LogP contribution in [0.2, 0.25) is 0 Å². The maximum Gasteiger partial charge on any atom is 0.303 e. The number of unbranched alkanes of at least 4 members (excludes halogenated alkanes) is 1. The molecule has 0 amide bonds. The van der Waals surface area contributed by atoms with E-state index in [4.69, 9.17) is 14.3 Å². The van der Waals surface area contributed by atoms with Crippen molar-refractivity contribution in [3.8, 4) is 5.75 Å². The first-order chi connectivity index (χ1) is 8.25. The fraction of sp³-hybridized carbons (Fsp3) is 0.333. The third-order valence-electron chi connectivity index (χ3n) is 2.36. The Morgan fingerprint density at radius 2 is 2.29 bits per heavy atom. The van der Waals surface area contributed by atoms with Crippen molar-refractivity contribution in [2.45, 2.75) is 19.3 Å². The number of hydrogen-bond acceptors (Lipinski definition) is 4. The van der Waals surface area contributed by atoms with Gasteiger partial charge in [-0.05, 0) is 25.0 Å². The molecule has 0 spiro atoms. The van der Waals surface area contributed by atoms with Gasteiger partial charge in [-0.25, -0.2) is 4.98 Å². The van der Waals surface area contributed by atoms with Gasteiger partial charge in [0.1, 0.15) is 11.3 Å². The summed E-state index contributed by atoms with van der Waals surface area (Å²) in [6.07, 6.45) is 2.93. The van der Waals surface area contributed by atoms with E-state index in [1.807, 2.05) is 6.07 Å². The summed E-state index contributed by atoms with van der Waals surface area (Å²) >= 11 is 0. The molecule has 0 aliphatic carbocycles. The molecule has 0 aliphatic heterocycles. The summed E-state index contributed by atoms with van der Waals surface area (Å²) in [5.74, 6) is -0.0456. The predicted octanol–water partition coefficient (Wildman–Crippen LogP) is 2.46. The van der Waals surface area contributed by atoms with Gasteiger partial charge in [0.15, 0.2) is 12.0 Å². The maximum atomic E-state index is 10.3. The SMILES string of the molecule is O=C(O)CCCCOc1ccc2ocnc2c1. The normalized spacial score (nSPS) is 10.6. The zero-order chi connectivity index (χ0) is 12.1. The first-order valence-corrected chi connectivity index (χ1v) is 5.43. The van der Waals surface area contributed by atoms with Crippen molar-refractivity contribution in [1.29, 1.82) is 0 Å². The second-order valence-electron chi connectivity index (χ2n) is 3.68. The van der Waals surface area contributed by atoms with E-state index in [1.165, 1.54) is 6.39 Å². The molecular formula is C12H13NO4. The highest BCUT2D eigenvalue weighted by molar-refractivity contribution is 5.73. The van der Waals surface area contributed by atoms with Gasteiger partial charge in [0.2, 0.25) is 0 Å². The average molecular weight is 235 g/mol. The largest absolute Gasteiger partial charge is 0.494 e. The van der Waals surface area contributed by atoms with E-state index in [2.05, 4.69) is 4.98 Å². The molecule has 17 heavy (non-hydrogen) atoms. The number of ether oxygens (including phenoxy) is 1. The molecule has 90 valence electrons. The number of hydrogen-bond donors (Lipinski definition) is 1. The van der Waals surface area contributed by atoms with Gasteiger partial charge in [-0.1, -0.05) is 0 Å². The van der Waals surface area contributed by atoms with E-state index >= 15 is 0 Å². The maximum absolute atomic E-state index is 10.3. The molecule has 1 aromatic carbocycles. The summed E-state index contributed by atoms with van der Waals surface area (Å²) in [4.78, 5) is 14.3. The number of carboxylic acid groups (broad SMARTS) is 1. The first kappa shape index (κ1) is 11.4. The van der Waals surface area contributed by atoms with E-state index < -0.39 is 5.97 Å². The minimum Gasteiger partial charge on any atom is -0.494 e. The van der Waals surface area contributed by atoms with E-state index in [9.17, 15) is 4.79 Å². The van der Waals surface area contributed by atoms with Crippen LogP contribution in [0, 0.1) is 0 Å². The van der Waals surface area contributed by atoms with Crippen LogP contribution in [0.15, 0.2) is 29.0 Å². The molecular weight excluding hydrogens is 222 g/mol. The van der Waals surface area contributed by atoms with E-state index in [0.29, 0.717) is 13.0 Å². The monoisotopic (exact) mass is 235 g/mol. The van der Waals surface area contributed by atoms with Crippen molar-refractivity contribution < 1.29 is 19.1 Å². The molecule has 5 nitrogen and oxygen atoms in total. The smallest absolute Gasteiger partial charge is 0.303 e. The second-order valence-corrected chi connectivity index (χ2v) is 3.68. The standard InChI is InChI=1S/C12H13NO4/c14-12(15)3-1-2-6-16-9-4-5-11-10(7-9)13-8-17-11/h4-5,7-8H,1-3,6H2,(H,14,15). The van der Waals surface area contributed by atoms with E-state index in [1.54, 1.807) is 12.1 Å². The van der Waals surface area contributed by atoms with Crippen molar-refractivity contribution in [3.05, 3.63) is 24.6 Å². The molecule has 1 N–H and O–H groups in total. The van der Waals surface area contributed by atoms with Gasteiger partial charge in [0.25, 0.3) is 0 Å². The Morgan fingerprint density at radius 1 is 1.41 bits per heavy atom. The lowest BCUT2D eigenvalue weighted by Crippen LogP contribution is -2.00. The first-order valence-electron chi connectivity index (χ1n) is 5.43. The third-order valence-corrected chi connectivity index (χ3v) is 2.36. The van der Waals surface area contributed by atoms with Crippen LogP contribution in [0.25, 0.3) is 11.1 Å². The molecule has 1 aromatic heterocycles. The highest BCUT2D eigenvalue weighted by atomic mass is 16.5. The van der Waals surface area contributed by atoms with Crippen LogP contribution in [0.4, 0.5) is 0 Å². The van der Waals surface area contributed by atoms with E-state index in [-0.39, 0.29) is 6.42 Å². The molecule has 0 unspecified atom stereocenters. The van der Waals surface area contributed by atoms with Gasteiger partial charge in [-0.2, -0.15) is 0 Å². The Morgan fingerprint density at radius 3 is 3.12 bits per heavy atom. The zero-order valence-electron chi connectivity index (χ0n) is 9.26. The van der Waals surface area contributed by atoms with Crippen molar-refractivity contribution in [2.75, 3.05) is 6.61 Å². The van der Waals surface area contributed by atoms with Gasteiger partial charge in [-0.3, -0.25) is 4.79 Å². The second kappa shape index (κ2) is 5.34. The minimum absolute atomic E-state index is 0.186. The fourth-order valence-corrected chi connectivity index (χ4v) is 1.50. The number of aromatic nitrogens is 1. The Bertz CT molecular complexity index is 506. The molecule has 5 heteroatoms. The topological polar surface area (TPSA) is 72.6 Å². The summed E-state index contributed by atoms with van der Waals surface area (Å²) in [7, 11) is 0. The minimum atomic E-state index is -0.769. The summed E-state index contributed by atoms with van der Waals surface area (Å²) in [6.45, 7) is 0.511. The van der Waals surface area contributed by atoms with Crippen LogP contribution in [0.1, 0.15) is 19.3 Å². The van der Waals surface area contributed by atoms with Crippen molar-refractivity contribution in [1.82, 2.24) is 4.98 Å². The number of aliphatic carboxylic acids is 1. The molecule has 1 heterocycles. The lowest BCUT2D eigenvalue weighted by molar-refractivity contribution is -0.137. The van der Waals surface area contributed by atoms with Gasteiger partial charge in [-0.15, -0.1) is 0 Å². The van der Waals surface area contributed by atoms with Crippen LogP contribution < -0.4 is 4.74 Å². The van der Waals surface area contributed by atoms with Crippen LogP contribution in [-0.2, 0) is 4.79 Å². The molecule has 0 saturated heterocycles. The lowest BCUT2D eigenvalue weighted by atomic mass is 10.2. The molecule has 2 rings (SSSR count). The van der Waals surface area contributed by atoms with E-state index in [0.717, 1.165) is 23.3 Å². The number of oxazole rings is 1. The lowest BCUT2D eigenvalue weighted by Gasteiger charge is -2.04. The van der Waals surface area contributed by atoms with Gasteiger partial charge >= 0.3 is 5.97 Å². The number of rotatable bonds is 6. The predicted molar refractivity (Wildman–Crippen MR) is 61.0 cm³/mol. The number of nitrogens with zero attached hydrogens (tertiary/aromatic N) is 1. The fourth-order valence-electron chi connectivity index (χ4n) is 1.50.